The van der Waals surface area contributed by atoms with E-state index in [9.17, 15) is 9.59 Å². The largest absolute Gasteiger partial charge is 0.345 e. The number of imidazole rings is 1. The van der Waals surface area contributed by atoms with Gasteiger partial charge in [0.1, 0.15) is 5.82 Å². The average Bonchev–Trinajstić information content (AvgIpc) is 3.12. The molecule has 0 aliphatic carbocycles. The molecule has 7 heteroatoms. The molecule has 2 amide bonds. The Bertz CT molecular complexity index is 599. The van der Waals surface area contributed by atoms with Crippen LogP contribution in [0, 0.1) is 5.92 Å². The minimum absolute atomic E-state index is 0.0659. The number of carbonyl (C=O) groups is 2. The topological polar surface area (TPSA) is 61.7 Å². The van der Waals surface area contributed by atoms with Crippen molar-refractivity contribution in [1.29, 1.82) is 0 Å². The number of carbonyl (C=O) groups excluding carboxylic acids is 2. The second-order valence-electron chi connectivity index (χ2n) is 6.50. The van der Waals surface area contributed by atoms with Crippen molar-refractivity contribution in [3.8, 4) is 0 Å². The maximum Gasteiger partial charge on any atom is 0.228 e. The number of rotatable bonds is 3. The third kappa shape index (κ3) is 2.97. The average molecular weight is 319 g/mol. The molecule has 126 valence electrons. The molecule has 1 aromatic rings. The fourth-order valence-corrected chi connectivity index (χ4v) is 3.63. The van der Waals surface area contributed by atoms with E-state index in [0.717, 1.165) is 25.5 Å². The van der Waals surface area contributed by atoms with Crippen molar-refractivity contribution in [2.24, 2.45) is 13.0 Å². The van der Waals surface area contributed by atoms with Gasteiger partial charge in [-0.05, 0) is 6.54 Å². The molecule has 0 spiro atoms. The zero-order valence-corrected chi connectivity index (χ0v) is 14.1. The second kappa shape index (κ2) is 6.31. The maximum atomic E-state index is 12.8. The number of aromatic nitrogens is 2. The van der Waals surface area contributed by atoms with Gasteiger partial charge in [0.25, 0.3) is 0 Å². The molecule has 2 aliphatic heterocycles. The number of piperazine rings is 1. The quantitative estimate of drug-likeness (QED) is 0.793. The molecular formula is C16H25N5O2. The Hall–Kier alpha value is -1.89. The lowest BCUT2D eigenvalue weighted by molar-refractivity contribution is -0.139. The van der Waals surface area contributed by atoms with Crippen molar-refractivity contribution in [3.63, 3.8) is 0 Å². The van der Waals surface area contributed by atoms with Gasteiger partial charge in [0.15, 0.2) is 0 Å². The van der Waals surface area contributed by atoms with Crippen LogP contribution in [0.5, 0.6) is 0 Å². The molecule has 2 fully saturated rings. The predicted molar refractivity (Wildman–Crippen MR) is 85.5 cm³/mol. The number of hydrogen-bond acceptors (Lipinski definition) is 4. The third-order valence-corrected chi connectivity index (χ3v) is 5.06. The summed E-state index contributed by atoms with van der Waals surface area (Å²) in [5.74, 6) is 0.973. The minimum atomic E-state index is -0.192. The number of likely N-dealkylation sites (N-methyl/N-ethyl adjacent to an activating group) is 1. The summed E-state index contributed by atoms with van der Waals surface area (Å²) in [6, 6.07) is 0.118. The van der Waals surface area contributed by atoms with Crippen LogP contribution in [0.4, 0.5) is 0 Å². The highest BCUT2D eigenvalue weighted by Gasteiger charge is 2.38. The molecule has 0 radical (unpaired) electrons. The van der Waals surface area contributed by atoms with Crippen molar-refractivity contribution in [3.05, 3.63) is 18.2 Å². The first kappa shape index (κ1) is 16.0. The lowest BCUT2D eigenvalue weighted by atomic mass is 10.0. The molecule has 0 aromatic carbocycles. The summed E-state index contributed by atoms with van der Waals surface area (Å²) in [6.45, 7) is 5.82. The molecule has 3 heterocycles. The van der Waals surface area contributed by atoms with Gasteiger partial charge in [-0.2, -0.15) is 0 Å². The second-order valence-corrected chi connectivity index (χ2v) is 6.50. The Balaban J connectivity index is 1.74. The Morgan fingerprint density at radius 3 is 2.65 bits per heavy atom. The van der Waals surface area contributed by atoms with E-state index in [0.29, 0.717) is 19.5 Å². The predicted octanol–water partition coefficient (Wildman–Crippen LogP) is 0.104. The highest BCUT2D eigenvalue weighted by atomic mass is 16.2. The van der Waals surface area contributed by atoms with Crippen molar-refractivity contribution in [1.82, 2.24) is 24.3 Å². The van der Waals surface area contributed by atoms with E-state index < -0.39 is 0 Å². The number of hydrogen-bond donors (Lipinski definition) is 0. The van der Waals surface area contributed by atoms with Crippen LogP contribution in [0.2, 0.25) is 0 Å². The number of nitrogens with zero attached hydrogens (tertiary/aromatic N) is 5. The van der Waals surface area contributed by atoms with E-state index in [1.807, 2.05) is 22.7 Å². The van der Waals surface area contributed by atoms with Gasteiger partial charge in [0, 0.05) is 59.1 Å². The Morgan fingerprint density at radius 1 is 1.30 bits per heavy atom. The fraction of sp³-hybridized carbons (Fsp3) is 0.688. The summed E-state index contributed by atoms with van der Waals surface area (Å²) in [4.78, 5) is 34.9. The van der Waals surface area contributed by atoms with Crippen LogP contribution < -0.4 is 0 Å². The zero-order valence-electron chi connectivity index (χ0n) is 14.1. The van der Waals surface area contributed by atoms with Crippen LogP contribution >= 0.6 is 0 Å². The molecule has 1 aromatic heterocycles. The van der Waals surface area contributed by atoms with Gasteiger partial charge < -0.3 is 14.4 Å². The van der Waals surface area contributed by atoms with Gasteiger partial charge >= 0.3 is 0 Å². The number of likely N-dealkylation sites (tertiary alicyclic amines) is 1. The van der Waals surface area contributed by atoms with Crippen molar-refractivity contribution >= 4 is 11.8 Å². The van der Waals surface area contributed by atoms with Gasteiger partial charge in [-0.1, -0.05) is 6.92 Å². The van der Waals surface area contributed by atoms with Crippen LogP contribution in [-0.2, 0) is 16.6 Å². The minimum Gasteiger partial charge on any atom is -0.345 e. The van der Waals surface area contributed by atoms with Gasteiger partial charge in [-0.15, -0.1) is 0 Å². The molecule has 2 saturated heterocycles. The van der Waals surface area contributed by atoms with E-state index in [1.54, 1.807) is 18.1 Å². The lowest BCUT2D eigenvalue weighted by Gasteiger charge is -2.41. The van der Waals surface area contributed by atoms with E-state index in [-0.39, 0.29) is 23.8 Å². The summed E-state index contributed by atoms with van der Waals surface area (Å²) in [7, 11) is 3.75. The summed E-state index contributed by atoms with van der Waals surface area (Å²) in [5, 5.41) is 0. The smallest absolute Gasteiger partial charge is 0.228 e. The molecule has 23 heavy (non-hydrogen) atoms. The standard InChI is InChI=1S/C16H25N5O2/c1-4-20-7-8-21(11-13(20)15-17-5-6-18(15)2)16(23)12-9-14(22)19(3)10-12/h5-6,12-13H,4,7-11H2,1-3H3/t12-,13+/m1/s1. The van der Waals surface area contributed by atoms with Crippen molar-refractivity contribution in [2.45, 2.75) is 19.4 Å². The summed E-state index contributed by atoms with van der Waals surface area (Å²) < 4.78 is 2.02. The Labute approximate surface area is 136 Å². The molecule has 0 bridgehead atoms. The molecule has 0 N–H and O–H groups in total. The molecule has 7 nitrogen and oxygen atoms in total. The van der Waals surface area contributed by atoms with E-state index in [1.165, 1.54) is 0 Å². The fourth-order valence-electron chi connectivity index (χ4n) is 3.63. The highest BCUT2D eigenvalue weighted by Crippen LogP contribution is 2.26. The van der Waals surface area contributed by atoms with Crippen LogP contribution in [0.1, 0.15) is 25.2 Å². The summed E-state index contributed by atoms with van der Waals surface area (Å²) in [5.41, 5.74) is 0. The lowest BCUT2D eigenvalue weighted by Crippen LogP contribution is -2.52. The number of aryl methyl sites for hydroxylation is 1. The van der Waals surface area contributed by atoms with Crippen molar-refractivity contribution < 1.29 is 9.59 Å². The SMILES string of the molecule is CCN1CCN(C(=O)[C@@H]2CC(=O)N(C)C2)C[C@H]1c1nccn1C. The molecule has 0 unspecified atom stereocenters. The van der Waals surface area contributed by atoms with Crippen LogP contribution in [-0.4, -0.2) is 75.8 Å². The first-order chi connectivity index (χ1) is 11.0. The van der Waals surface area contributed by atoms with E-state index in [4.69, 9.17) is 0 Å². The molecule has 2 aliphatic rings. The Morgan fingerprint density at radius 2 is 2.09 bits per heavy atom. The molecule has 0 saturated carbocycles. The monoisotopic (exact) mass is 319 g/mol. The van der Waals surface area contributed by atoms with Gasteiger partial charge in [0.05, 0.1) is 12.0 Å². The first-order valence-corrected chi connectivity index (χ1v) is 8.25. The molecule has 3 rings (SSSR count). The van der Waals surface area contributed by atoms with Crippen LogP contribution in [0.3, 0.4) is 0 Å². The first-order valence-electron chi connectivity index (χ1n) is 8.25. The van der Waals surface area contributed by atoms with Crippen molar-refractivity contribution in [2.75, 3.05) is 39.8 Å². The molecular weight excluding hydrogens is 294 g/mol. The zero-order chi connectivity index (χ0) is 16.6. The van der Waals surface area contributed by atoms with Crippen LogP contribution in [0.25, 0.3) is 0 Å². The van der Waals surface area contributed by atoms with E-state index >= 15 is 0 Å². The normalized spacial score (nSPS) is 26.1. The number of amides is 2. The van der Waals surface area contributed by atoms with Gasteiger partial charge in [-0.25, -0.2) is 4.98 Å². The molecule has 2 atom stereocenters. The van der Waals surface area contributed by atoms with Gasteiger partial charge in [0.2, 0.25) is 11.8 Å². The maximum absolute atomic E-state index is 12.8. The van der Waals surface area contributed by atoms with E-state index in [2.05, 4.69) is 16.8 Å². The summed E-state index contributed by atoms with van der Waals surface area (Å²) >= 11 is 0. The Kier molecular flexibility index (Phi) is 4.39. The third-order valence-electron chi connectivity index (χ3n) is 5.06. The highest BCUT2D eigenvalue weighted by molar-refractivity contribution is 5.89. The van der Waals surface area contributed by atoms with Gasteiger partial charge in [-0.3, -0.25) is 14.5 Å². The van der Waals surface area contributed by atoms with Crippen LogP contribution in [0.15, 0.2) is 12.4 Å². The summed E-state index contributed by atoms with van der Waals surface area (Å²) in [6.07, 6.45) is 4.08.